The van der Waals surface area contributed by atoms with E-state index in [4.69, 9.17) is 16.3 Å². The van der Waals surface area contributed by atoms with Gasteiger partial charge in [0.25, 0.3) is 0 Å². The quantitative estimate of drug-likeness (QED) is 0.501. The average molecular weight is 446 g/mol. The smallest absolute Gasteiger partial charge is 0.119 e. The van der Waals surface area contributed by atoms with Crippen LogP contribution in [0.1, 0.15) is 16.7 Å². The van der Waals surface area contributed by atoms with Crippen LogP contribution in [0, 0.1) is 5.92 Å². The van der Waals surface area contributed by atoms with Crippen molar-refractivity contribution in [1.82, 2.24) is 4.90 Å². The van der Waals surface area contributed by atoms with Gasteiger partial charge < -0.3 is 14.7 Å². The van der Waals surface area contributed by atoms with Crippen LogP contribution in [-0.4, -0.2) is 37.8 Å². The van der Waals surface area contributed by atoms with Gasteiger partial charge in [-0.3, -0.25) is 0 Å². The van der Waals surface area contributed by atoms with Crippen LogP contribution < -0.4 is 4.74 Å². The van der Waals surface area contributed by atoms with E-state index in [0.29, 0.717) is 11.6 Å². The molecule has 0 aliphatic rings. The molecule has 3 aromatic carbocycles. The highest BCUT2D eigenvalue weighted by Gasteiger charge is 2.40. The Hall–Kier alpha value is -2.04. The maximum absolute atomic E-state index is 12.3. The SMILES string of the molecule is COc1cccc([C@@](O)(c2ccc(Cl)cc2)[C@H](Cc2ccccc2)CN(C)C)c1.Cl. The van der Waals surface area contributed by atoms with E-state index in [1.54, 1.807) is 7.11 Å². The third-order valence-electron chi connectivity index (χ3n) is 5.30. The Balaban J connectivity index is 0.00000320. The molecule has 0 fully saturated rings. The van der Waals surface area contributed by atoms with Crippen LogP contribution in [0.25, 0.3) is 0 Å². The fraction of sp³-hybridized carbons (Fsp3) is 0.280. The van der Waals surface area contributed by atoms with E-state index in [0.717, 1.165) is 23.3 Å². The van der Waals surface area contributed by atoms with Crippen molar-refractivity contribution in [2.45, 2.75) is 12.0 Å². The van der Waals surface area contributed by atoms with E-state index >= 15 is 0 Å². The maximum atomic E-state index is 12.3. The molecule has 0 amide bonds. The normalized spacial score (nSPS) is 13.9. The van der Waals surface area contributed by atoms with Crippen LogP contribution in [0.15, 0.2) is 78.9 Å². The monoisotopic (exact) mass is 445 g/mol. The number of hydrogen-bond donors (Lipinski definition) is 1. The molecule has 5 heteroatoms. The van der Waals surface area contributed by atoms with Crippen molar-refractivity contribution in [2.75, 3.05) is 27.7 Å². The highest BCUT2D eigenvalue weighted by molar-refractivity contribution is 6.30. The van der Waals surface area contributed by atoms with Crippen molar-refractivity contribution in [1.29, 1.82) is 0 Å². The Morgan fingerprint density at radius 3 is 2.20 bits per heavy atom. The van der Waals surface area contributed by atoms with Crippen LogP contribution in [0.2, 0.25) is 5.02 Å². The molecule has 3 rings (SSSR count). The second-order valence-corrected chi connectivity index (χ2v) is 8.09. The van der Waals surface area contributed by atoms with Crippen molar-refractivity contribution >= 4 is 24.0 Å². The van der Waals surface area contributed by atoms with Gasteiger partial charge in [0.1, 0.15) is 11.4 Å². The predicted octanol–water partition coefficient (Wildman–Crippen LogP) is 5.43. The van der Waals surface area contributed by atoms with Gasteiger partial charge in [-0.1, -0.05) is 66.2 Å². The minimum Gasteiger partial charge on any atom is -0.497 e. The molecule has 30 heavy (non-hydrogen) atoms. The van der Waals surface area contributed by atoms with Gasteiger partial charge in [-0.05, 0) is 61.5 Å². The Labute approximate surface area is 190 Å². The molecule has 0 radical (unpaired) electrons. The van der Waals surface area contributed by atoms with Crippen molar-refractivity contribution < 1.29 is 9.84 Å². The van der Waals surface area contributed by atoms with Gasteiger partial charge in [0.2, 0.25) is 0 Å². The van der Waals surface area contributed by atoms with Gasteiger partial charge in [-0.15, -0.1) is 12.4 Å². The molecule has 0 aromatic heterocycles. The zero-order valence-corrected chi connectivity index (χ0v) is 19.2. The highest BCUT2D eigenvalue weighted by atomic mass is 35.5. The summed E-state index contributed by atoms with van der Waals surface area (Å²) in [7, 11) is 5.71. The molecule has 0 unspecified atom stereocenters. The van der Waals surface area contributed by atoms with E-state index in [9.17, 15) is 5.11 Å². The Bertz CT molecular complexity index is 916. The lowest BCUT2D eigenvalue weighted by Crippen LogP contribution is -2.43. The van der Waals surface area contributed by atoms with Crippen molar-refractivity contribution in [2.24, 2.45) is 5.92 Å². The highest BCUT2D eigenvalue weighted by Crippen LogP contribution is 2.40. The average Bonchev–Trinajstić information content (AvgIpc) is 2.73. The van der Waals surface area contributed by atoms with Crippen LogP contribution in [0.4, 0.5) is 0 Å². The molecule has 3 aromatic rings. The fourth-order valence-corrected chi connectivity index (χ4v) is 4.01. The number of rotatable bonds is 8. The Kier molecular flexibility index (Phi) is 8.75. The fourth-order valence-electron chi connectivity index (χ4n) is 3.89. The van der Waals surface area contributed by atoms with E-state index in [1.165, 1.54) is 5.56 Å². The van der Waals surface area contributed by atoms with E-state index in [1.807, 2.05) is 80.8 Å². The van der Waals surface area contributed by atoms with Crippen molar-refractivity contribution in [3.8, 4) is 5.75 Å². The lowest BCUT2D eigenvalue weighted by molar-refractivity contribution is 0.00494. The molecule has 0 aliphatic heterocycles. The van der Waals surface area contributed by atoms with Crippen LogP contribution >= 0.6 is 24.0 Å². The van der Waals surface area contributed by atoms with E-state index < -0.39 is 5.60 Å². The summed E-state index contributed by atoms with van der Waals surface area (Å²) in [5.41, 5.74) is 1.61. The summed E-state index contributed by atoms with van der Waals surface area (Å²) in [5.74, 6) is 0.631. The number of methoxy groups -OCH3 is 1. The van der Waals surface area contributed by atoms with Gasteiger partial charge in [0.05, 0.1) is 7.11 Å². The summed E-state index contributed by atoms with van der Waals surface area (Å²) >= 11 is 6.14. The standard InChI is InChI=1S/C25H28ClNO2.ClH/c1-27(2)18-22(16-19-8-5-4-6-9-19)25(28,20-12-14-23(26)15-13-20)21-10-7-11-24(17-21)29-3;/h4-15,17,22,28H,16,18H2,1-3H3;1H/t22-,25+;/m1./s1. The molecule has 3 nitrogen and oxygen atoms in total. The van der Waals surface area contributed by atoms with Crippen LogP contribution in [0.5, 0.6) is 5.75 Å². The molecule has 0 spiro atoms. The van der Waals surface area contributed by atoms with Crippen LogP contribution in [-0.2, 0) is 12.0 Å². The lowest BCUT2D eigenvalue weighted by atomic mass is 9.73. The third-order valence-corrected chi connectivity index (χ3v) is 5.55. The summed E-state index contributed by atoms with van der Waals surface area (Å²) in [6.45, 7) is 0.714. The van der Waals surface area contributed by atoms with Gasteiger partial charge in [-0.2, -0.15) is 0 Å². The van der Waals surface area contributed by atoms with Gasteiger partial charge in [-0.25, -0.2) is 0 Å². The Morgan fingerprint density at radius 2 is 1.60 bits per heavy atom. The predicted molar refractivity (Wildman–Crippen MR) is 127 cm³/mol. The van der Waals surface area contributed by atoms with Crippen molar-refractivity contribution in [3.63, 3.8) is 0 Å². The summed E-state index contributed by atoms with van der Waals surface area (Å²) in [6.07, 6.45) is 0.732. The number of benzene rings is 3. The largest absolute Gasteiger partial charge is 0.497 e. The summed E-state index contributed by atoms with van der Waals surface area (Å²) in [4.78, 5) is 2.12. The minimum absolute atomic E-state index is 0. The number of aliphatic hydroxyl groups is 1. The molecule has 0 aliphatic carbocycles. The molecular formula is C25H29Cl2NO2. The number of nitrogens with zero attached hydrogens (tertiary/aromatic N) is 1. The van der Waals surface area contributed by atoms with Gasteiger partial charge in [0.15, 0.2) is 0 Å². The summed E-state index contributed by atoms with van der Waals surface area (Å²) in [6, 6.07) is 25.5. The first-order valence-corrected chi connectivity index (χ1v) is 10.1. The molecule has 160 valence electrons. The Morgan fingerprint density at radius 1 is 0.933 bits per heavy atom. The third kappa shape index (κ3) is 5.55. The lowest BCUT2D eigenvalue weighted by Gasteiger charge is -2.39. The molecule has 0 bridgehead atoms. The van der Waals surface area contributed by atoms with Crippen molar-refractivity contribution in [3.05, 3.63) is 101 Å². The molecule has 2 atom stereocenters. The molecule has 0 saturated heterocycles. The zero-order chi connectivity index (χ0) is 20.9. The summed E-state index contributed by atoms with van der Waals surface area (Å²) < 4.78 is 5.44. The first-order chi connectivity index (χ1) is 13.9. The second-order valence-electron chi connectivity index (χ2n) is 7.65. The van der Waals surface area contributed by atoms with E-state index in [2.05, 4.69) is 17.0 Å². The number of halogens is 2. The molecule has 0 heterocycles. The van der Waals surface area contributed by atoms with Crippen LogP contribution in [0.3, 0.4) is 0 Å². The van der Waals surface area contributed by atoms with Gasteiger partial charge >= 0.3 is 0 Å². The second kappa shape index (κ2) is 10.8. The van der Waals surface area contributed by atoms with E-state index in [-0.39, 0.29) is 18.3 Å². The number of ether oxygens (including phenoxy) is 1. The molecular weight excluding hydrogens is 417 g/mol. The molecule has 0 saturated carbocycles. The minimum atomic E-state index is -1.21. The zero-order valence-electron chi connectivity index (χ0n) is 17.6. The summed E-state index contributed by atoms with van der Waals surface area (Å²) in [5, 5.41) is 13.0. The first kappa shape index (κ1) is 24.2. The first-order valence-electron chi connectivity index (χ1n) is 9.75. The molecule has 1 N–H and O–H groups in total. The number of hydrogen-bond acceptors (Lipinski definition) is 3. The topological polar surface area (TPSA) is 32.7 Å². The maximum Gasteiger partial charge on any atom is 0.119 e. The van der Waals surface area contributed by atoms with Gasteiger partial charge in [0, 0.05) is 17.5 Å².